The number of hydrogen-bond donors (Lipinski definition) is 2. The topological polar surface area (TPSA) is 71.1 Å². The zero-order valence-corrected chi connectivity index (χ0v) is 19.1. The molecule has 0 saturated carbocycles. The van der Waals surface area contributed by atoms with Crippen LogP contribution in [0.4, 0.5) is 5.82 Å². The summed E-state index contributed by atoms with van der Waals surface area (Å²) in [5.41, 5.74) is 3.83. The molecule has 4 rings (SSSR count). The molecule has 2 aromatic rings. The Kier molecular flexibility index (Phi) is 5.75. The standard InChI is InChI=1S/C25H27N3O2S/c1-15-21(24(30)28-20-7-5-6-12-26-20)22(16-8-10-17(31-4)11-9-16)23-18(27-15)13-25(2,3)14-19(23)29/h5-12,22,27H,13-14H2,1-4H3,(H,26,28,30)/t22-/m1/s1. The first-order chi connectivity index (χ1) is 14.8. The van der Waals surface area contributed by atoms with Gasteiger partial charge in [0.05, 0.1) is 0 Å². The lowest BCUT2D eigenvalue weighted by atomic mass is 9.68. The summed E-state index contributed by atoms with van der Waals surface area (Å²) >= 11 is 1.67. The number of anilines is 1. The molecule has 1 atom stereocenters. The van der Waals surface area contributed by atoms with Crippen LogP contribution in [0.1, 0.15) is 45.1 Å². The first-order valence-corrected chi connectivity index (χ1v) is 11.6. The number of carbonyl (C=O) groups excluding carboxylic acids is 2. The molecular weight excluding hydrogens is 406 g/mol. The molecule has 1 aliphatic heterocycles. The molecule has 1 aromatic carbocycles. The van der Waals surface area contributed by atoms with Gasteiger partial charge >= 0.3 is 0 Å². The van der Waals surface area contributed by atoms with Gasteiger partial charge in [0.15, 0.2) is 5.78 Å². The molecule has 1 amide bonds. The van der Waals surface area contributed by atoms with Crippen molar-refractivity contribution < 1.29 is 9.59 Å². The van der Waals surface area contributed by atoms with Crippen LogP contribution in [-0.2, 0) is 9.59 Å². The summed E-state index contributed by atoms with van der Waals surface area (Å²) in [6, 6.07) is 13.5. The highest BCUT2D eigenvalue weighted by atomic mass is 32.2. The van der Waals surface area contributed by atoms with Crippen molar-refractivity contribution in [3.63, 3.8) is 0 Å². The molecule has 0 bridgehead atoms. The van der Waals surface area contributed by atoms with Crippen LogP contribution >= 0.6 is 11.8 Å². The summed E-state index contributed by atoms with van der Waals surface area (Å²) in [6.07, 6.45) is 4.92. The van der Waals surface area contributed by atoms with Gasteiger partial charge in [0.2, 0.25) is 0 Å². The summed E-state index contributed by atoms with van der Waals surface area (Å²) in [4.78, 5) is 32.1. The maximum Gasteiger partial charge on any atom is 0.255 e. The van der Waals surface area contributed by atoms with E-state index in [2.05, 4.69) is 29.5 Å². The first-order valence-electron chi connectivity index (χ1n) is 10.4. The maximum absolute atomic E-state index is 13.4. The quantitative estimate of drug-likeness (QED) is 0.661. The van der Waals surface area contributed by atoms with Gasteiger partial charge < -0.3 is 10.6 Å². The normalized spacial score (nSPS) is 20.3. The third kappa shape index (κ3) is 4.30. The number of Topliss-reactive ketones (excluding diaryl/α,β-unsaturated/α-hetero) is 1. The van der Waals surface area contributed by atoms with E-state index in [4.69, 9.17) is 0 Å². The number of nitrogens with one attached hydrogen (secondary N) is 2. The van der Waals surface area contributed by atoms with Crippen LogP contribution in [0.25, 0.3) is 0 Å². The molecule has 0 spiro atoms. The van der Waals surface area contributed by atoms with E-state index < -0.39 is 5.92 Å². The van der Waals surface area contributed by atoms with Crippen LogP contribution < -0.4 is 10.6 Å². The summed E-state index contributed by atoms with van der Waals surface area (Å²) in [5, 5.41) is 6.30. The van der Waals surface area contributed by atoms with Gasteiger partial charge in [-0.25, -0.2) is 4.98 Å². The minimum Gasteiger partial charge on any atom is -0.362 e. The van der Waals surface area contributed by atoms with E-state index in [0.29, 0.717) is 23.4 Å². The Hall–Kier alpha value is -2.86. The van der Waals surface area contributed by atoms with Gasteiger partial charge in [-0.2, -0.15) is 0 Å². The van der Waals surface area contributed by atoms with Gasteiger partial charge in [-0.15, -0.1) is 11.8 Å². The lowest BCUT2D eigenvalue weighted by molar-refractivity contribution is -0.118. The molecule has 0 radical (unpaired) electrons. The molecule has 0 saturated heterocycles. The monoisotopic (exact) mass is 433 g/mol. The van der Waals surface area contributed by atoms with Crippen molar-refractivity contribution in [3.05, 3.63) is 76.8 Å². The molecule has 31 heavy (non-hydrogen) atoms. The zero-order chi connectivity index (χ0) is 22.2. The van der Waals surface area contributed by atoms with Crippen LogP contribution in [0, 0.1) is 5.41 Å². The van der Waals surface area contributed by atoms with E-state index in [9.17, 15) is 9.59 Å². The van der Waals surface area contributed by atoms with E-state index in [-0.39, 0.29) is 17.1 Å². The molecule has 6 heteroatoms. The van der Waals surface area contributed by atoms with Gasteiger partial charge in [-0.05, 0) is 54.8 Å². The highest BCUT2D eigenvalue weighted by Gasteiger charge is 2.42. The van der Waals surface area contributed by atoms with Crippen LogP contribution in [0.2, 0.25) is 0 Å². The predicted molar refractivity (Wildman–Crippen MR) is 125 cm³/mol. The van der Waals surface area contributed by atoms with Crippen LogP contribution in [0.15, 0.2) is 76.1 Å². The number of dihydropyridines is 1. The number of pyridine rings is 1. The number of thioether (sulfide) groups is 1. The number of allylic oxidation sites excluding steroid dienone is 3. The number of ketones is 1. The Morgan fingerprint density at radius 2 is 1.90 bits per heavy atom. The number of hydrogen-bond acceptors (Lipinski definition) is 5. The van der Waals surface area contributed by atoms with Crippen molar-refractivity contribution in [3.8, 4) is 0 Å². The van der Waals surface area contributed by atoms with Crippen molar-refractivity contribution in [2.75, 3.05) is 11.6 Å². The molecule has 0 unspecified atom stereocenters. The fourth-order valence-electron chi connectivity index (χ4n) is 4.49. The summed E-state index contributed by atoms with van der Waals surface area (Å²) < 4.78 is 0. The van der Waals surface area contributed by atoms with Gasteiger partial charge in [-0.3, -0.25) is 9.59 Å². The molecule has 1 aliphatic carbocycles. The zero-order valence-electron chi connectivity index (χ0n) is 18.3. The number of amides is 1. The van der Waals surface area contributed by atoms with Crippen molar-refractivity contribution in [2.24, 2.45) is 5.41 Å². The second-order valence-corrected chi connectivity index (χ2v) is 9.75. The Morgan fingerprint density at radius 3 is 2.55 bits per heavy atom. The average molecular weight is 434 g/mol. The third-order valence-electron chi connectivity index (χ3n) is 5.84. The van der Waals surface area contributed by atoms with Gasteiger partial charge in [0.1, 0.15) is 5.82 Å². The van der Waals surface area contributed by atoms with Gasteiger partial charge in [0, 0.05) is 46.0 Å². The van der Waals surface area contributed by atoms with E-state index >= 15 is 0 Å². The minimum absolute atomic E-state index is 0.105. The summed E-state index contributed by atoms with van der Waals surface area (Å²) in [6.45, 7) is 6.13. The first kappa shape index (κ1) is 21.4. The molecule has 160 valence electrons. The smallest absolute Gasteiger partial charge is 0.255 e. The minimum atomic E-state index is -0.403. The SMILES string of the molecule is CSc1ccc([C@@H]2C(C(=O)Nc3ccccn3)=C(C)NC3=C2C(=O)CC(C)(C)C3)cc1. The molecule has 0 fully saturated rings. The van der Waals surface area contributed by atoms with E-state index in [1.807, 2.05) is 43.5 Å². The third-order valence-corrected chi connectivity index (χ3v) is 6.58. The number of aromatic nitrogens is 1. The highest BCUT2D eigenvalue weighted by Crippen LogP contribution is 2.46. The fourth-order valence-corrected chi connectivity index (χ4v) is 4.90. The van der Waals surface area contributed by atoms with E-state index in [1.165, 1.54) is 0 Å². The van der Waals surface area contributed by atoms with Crippen LogP contribution in [0.3, 0.4) is 0 Å². The van der Waals surface area contributed by atoms with Crippen molar-refractivity contribution >= 4 is 29.3 Å². The van der Waals surface area contributed by atoms with Crippen LogP contribution in [0.5, 0.6) is 0 Å². The van der Waals surface area contributed by atoms with E-state index in [0.717, 1.165) is 28.3 Å². The van der Waals surface area contributed by atoms with Crippen molar-refractivity contribution in [1.29, 1.82) is 0 Å². The van der Waals surface area contributed by atoms with Crippen molar-refractivity contribution in [2.45, 2.75) is 44.4 Å². The molecule has 2 N–H and O–H groups in total. The molecule has 2 heterocycles. The predicted octanol–water partition coefficient (Wildman–Crippen LogP) is 5.05. The van der Waals surface area contributed by atoms with Crippen LogP contribution in [-0.4, -0.2) is 22.9 Å². The number of benzene rings is 1. The Balaban J connectivity index is 1.80. The second-order valence-electron chi connectivity index (χ2n) is 8.87. The Labute approximate surface area is 187 Å². The molecule has 1 aromatic heterocycles. The number of nitrogens with zero attached hydrogens (tertiary/aromatic N) is 1. The lowest BCUT2D eigenvalue weighted by Crippen LogP contribution is -2.39. The average Bonchev–Trinajstić information content (AvgIpc) is 2.72. The van der Waals surface area contributed by atoms with E-state index in [1.54, 1.807) is 30.1 Å². The fraction of sp³-hybridized carbons (Fsp3) is 0.320. The second kappa shape index (κ2) is 8.35. The van der Waals surface area contributed by atoms with Gasteiger partial charge in [0.25, 0.3) is 5.91 Å². The largest absolute Gasteiger partial charge is 0.362 e. The van der Waals surface area contributed by atoms with Gasteiger partial charge in [-0.1, -0.05) is 32.0 Å². The Bertz CT molecular complexity index is 1090. The molecular formula is C25H27N3O2S. The summed E-state index contributed by atoms with van der Waals surface area (Å²) in [5.74, 6) is -0.0558. The highest BCUT2D eigenvalue weighted by molar-refractivity contribution is 7.98. The maximum atomic E-state index is 13.4. The lowest BCUT2D eigenvalue weighted by Gasteiger charge is -2.39. The Morgan fingerprint density at radius 1 is 1.16 bits per heavy atom. The number of carbonyl (C=O) groups is 2. The molecule has 5 nitrogen and oxygen atoms in total. The number of rotatable bonds is 4. The summed E-state index contributed by atoms with van der Waals surface area (Å²) in [7, 11) is 0. The molecule has 2 aliphatic rings. The van der Waals surface area contributed by atoms with Crippen molar-refractivity contribution in [1.82, 2.24) is 10.3 Å².